The van der Waals surface area contributed by atoms with E-state index in [1.165, 1.54) is 25.9 Å². The average molecular weight is 480 g/mol. The van der Waals surface area contributed by atoms with Crippen LogP contribution in [-0.4, -0.2) is 61.1 Å². The SMILES string of the molecule is CCOC(=O)N1CCN(S(=O)(=O)c2ccc3c(c2)oc(=O)n3Cc2ccccc2Cl)CC1. The van der Waals surface area contributed by atoms with Crippen LogP contribution in [0.15, 0.2) is 56.6 Å². The van der Waals surface area contributed by atoms with Gasteiger partial charge in [0.25, 0.3) is 0 Å². The lowest BCUT2D eigenvalue weighted by Crippen LogP contribution is -2.50. The molecule has 3 aromatic rings. The number of carbonyl (C=O) groups excluding carboxylic acids is 1. The van der Waals surface area contributed by atoms with Gasteiger partial charge in [0.15, 0.2) is 5.58 Å². The minimum absolute atomic E-state index is 0.0215. The summed E-state index contributed by atoms with van der Waals surface area (Å²) < 4.78 is 39.2. The normalized spacial score (nSPS) is 15.2. The number of oxazole rings is 1. The van der Waals surface area contributed by atoms with Crippen molar-refractivity contribution in [1.82, 2.24) is 13.8 Å². The minimum atomic E-state index is -3.82. The predicted octanol–water partition coefficient (Wildman–Crippen LogP) is 2.76. The Hall–Kier alpha value is -2.82. The fourth-order valence-electron chi connectivity index (χ4n) is 3.63. The Balaban J connectivity index is 1.57. The third-order valence-electron chi connectivity index (χ3n) is 5.33. The molecule has 1 amide bonds. The molecular weight excluding hydrogens is 458 g/mol. The molecule has 0 aliphatic carbocycles. The molecule has 0 unspecified atom stereocenters. The number of hydrogen-bond acceptors (Lipinski definition) is 6. The number of carbonyl (C=O) groups is 1. The smallest absolute Gasteiger partial charge is 0.420 e. The van der Waals surface area contributed by atoms with Crippen molar-refractivity contribution in [2.75, 3.05) is 32.8 Å². The van der Waals surface area contributed by atoms with E-state index < -0.39 is 21.9 Å². The van der Waals surface area contributed by atoms with Gasteiger partial charge in [-0.15, -0.1) is 0 Å². The summed E-state index contributed by atoms with van der Waals surface area (Å²) in [6.07, 6.45) is -0.451. The van der Waals surface area contributed by atoms with E-state index in [2.05, 4.69) is 0 Å². The summed E-state index contributed by atoms with van der Waals surface area (Å²) in [5, 5.41) is 0.523. The number of rotatable bonds is 5. The molecule has 2 aromatic carbocycles. The van der Waals surface area contributed by atoms with Gasteiger partial charge in [-0.2, -0.15) is 4.31 Å². The number of amides is 1. The number of hydrogen-bond donors (Lipinski definition) is 0. The third kappa shape index (κ3) is 4.25. The number of halogens is 1. The zero-order valence-electron chi connectivity index (χ0n) is 17.4. The van der Waals surface area contributed by atoms with Crippen molar-refractivity contribution < 1.29 is 22.4 Å². The predicted molar refractivity (Wildman–Crippen MR) is 118 cm³/mol. The van der Waals surface area contributed by atoms with Crippen molar-refractivity contribution in [3.8, 4) is 0 Å². The van der Waals surface area contributed by atoms with Gasteiger partial charge in [0.1, 0.15) is 0 Å². The molecule has 0 saturated carbocycles. The number of benzene rings is 2. The minimum Gasteiger partial charge on any atom is -0.450 e. The van der Waals surface area contributed by atoms with Crippen LogP contribution in [0.2, 0.25) is 5.02 Å². The first-order valence-corrected chi connectivity index (χ1v) is 11.9. The maximum Gasteiger partial charge on any atom is 0.420 e. The molecule has 2 heterocycles. The molecule has 11 heteroatoms. The standard InChI is InChI=1S/C21H22ClN3O6S/c1-2-30-20(26)23-9-11-24(12-10-23)32(28,29)16-7-8-18-19(13-16)31-21(27)25(18)14-15-5-3-4-6-17(15)22/h3-8,13H,2,9-12,14H2,1H3. The van der Waals surface area contributed by atoms with Gasteiger partial charge in [-0.25, -0.2) is 18.0 Å². The maximum absolute atomic E-state index is 13.1. The summed E-state index contributed by atoms with van der Waals surface area (Å²) in [5.41, 5.74) is 1.39. The van der Waals surface area contributed by atoms with Crippen LogP contribution in [-0.2, 0) is 21.3 Å². The Bertz CT molecular complexity index is 1310. The third-order valence-corrected chi connectivity index (χ3v) is 7.59. The largest absolute Gasteiger partial charge is 0.450 e. The molecule has 0 radical (unpaired) electrons. The quantitative estimate of drug-likeness (QED) is 0.557. The number of sulfonamides is 1. The molecule has 1 fully saturated rings. The van der Waals surface area contributed by atoms with Crippen LogP contribution in [0.3, 0.4) is 0 Å². The molecule has 9 nitrogen and oxygen atoms in total. The number of aromatic nitrogens is 1. The van der Waals surface area contributed by atoms with Crippen LogP contribution >= 0.6 is 11.6 Å². The fourth-order valence-corrected chi connectivity index (χ4v) is 5.26. The fraction of sp³-hybridized carbons (Fsp3) is 0.333. The van der Waals surface area contributed by atoms with Crippen LogP contribution in [0.25, 0.3) is 11.1 Å². The van der Waals surface area contributed by atoms with Gasteiger partial charge in [0.2, 0.25) is 10.0 Å². The first-order valence-electron chi connectivity index (χ1n) is 10.1. The molecule has 1 aliphatic heterocycles. The van der Waals surface area contributed by atoms with E-state index in [4.69, 9.17) is 20.8 Å². The summed E-state index contributed by atoms with van der Waals surface area (Å²) in [5.74, 6) is -0.600. The van der Waals surface area contributed by atoms with Crippen LogP contribution in [0.5, 0.6) is 0 Å². The Kier molecular flexibility index (Phi) is 6.27. The molecule has 0 bridgehead atoms. The summed E-state index contributed by atoms with van der Waals surface area (Å²) in [7, 11) is -3.82. The first-order chi connectivity index (χ1) is 15.3. The second kappa shape index (κ2) is 8.97. The molecule has 4 rings (SSSR count). The Morgan fingerprint density at radius 2 is 1.84 bits per heavy atom. The van der Waals surface area contributed by atoms with E-state index in [1.807, 2.05) is 12.1 Å². The van der Waals surface area contributed by atoms with E-state index in [0.717, 1.165) is 5.56 Å². The van der Waals surface area contributed by atoms with Crippen molar-refractivity contribution >= 4 is 38.8 Å². The molecule has 170 valence electrons. The first kappa shape index (κ1) is 22.4. The molecule has 0 spiro atoms. The number of piperazine rings is 1. The second-order valence-corrected chi connectivity index (χ2v) is 9.61. The molecule has 0 N–H and O–H groups in total. The van der Waals surface area contributed by atoms with Crippen molar-refractivity contribution in [2.24, 2.45) is 0 Å². The highest BCUT2D eigenvalue weighted by Crippen LogP contribution is 2.24. The van der Waals surface area contributed by atoms with Gasteiger partial charge in [0, 0.05) is 37.3 Å². The summed E-state index contributed by atoms with van der Waals surface area (Å²) in [4.78, 5) is 25.8. The molecule has 32 heavy (non-hydrogen) atoms. The summed E-state index contributed by atoms with van der Waals surface area (Å²) in [6.45, 7) is 2.96. The Morgan fingerprint density at radius 3 is 2.53 bits per heavy atom. The number of fused-ring (bicyclic) bond motifs is 1. The zero-order valence-corrected chi connectivity index (χ0v) is 18.9. The van der Waals surface area contributed by atoms with Gasteiger partial charge in [-0.1, -0.05) is 29.8 Å². The summed E-state index contributed by atoms with van der Waals surface area (Å²) >= 11 is 6.20. The lowest BCUT2D eigenvalue weighted by Gasteiger charge is -2.33. The maximum atomic E-state index is 13.1. The highest BCUT2D eigenvalue weighted by molar-refractivity contribution is 7.89. The Morgan fingerprint density at radius 1 is 1.12 bits per heavy atom. The molecule has 0 atom stereocenters. The lowest BCUT2D eigenvalue weighted by atomic mass is 10.2. The highest BCUT2D eigenvalue weighted by atomic mass is 35.5. The Labute approximate surface area is 189 Å². The molecule has 1 aliphatic rings. The van der Waals surface area contributed by atoms with E-state index in [1.54, 1.807) is 25.1 Å². The van der Waals surface area contributed by atoms with E-state index in [9.17, 15) is 18.0 Å². The monoisotopic (exact) mass is 479 g/mol. The van der Waals surface area contributed by atoms with Crippen LogP contribution in [0.4, 0.5) is 4.79 Å². The molecular formula is C21H22ClN3O6S. The van der Waals surface area contributed by atoms with E-state index >= 15 is 0 Å². The molecule has 1 saturated heterocycles. The molecule has 1 aromatic heterocycles. The number of nitrogens with zero attached hydrogens (tertiary/aromatic N) is 3. The average Bonchev–Trinajstić information content (AvgIpc) is 3.10. The topological polar surface area (TPSA) is 102 Å². The van der Waals surface area contributed by atoms with Gasteiger partial charge in [-0.05, 0) is 30.7 Å². The van der Waals surface area contributed by atoms with Crippen LogP contribution in [0, 0.1) is 0 Å². The van der Waals surface area contributed by atoms with Gasteiger partial charge in [-0.3, -0.25) is 4.57 Å². The van der Waals surface area contributed by atoms with Crippen molar-refractivity contribution in [3.05, 3.63) is 63.6 Å². The van der Waals surface area contributed by atoms with Crippen molar-refractivity contribution in [3.63, 3.8) is 0 Å². The highest BCUT2D eigenvalue weighted by Gasteiger charge is 2.31. The van der Waals surface area contributed by atoms with Gasteiger partial charge >= 0.3 is 11.8 Å². The van der Waals surface area contributed by atoms with E-state index in [0.29, 0.717) is 10.5 Å². The second-order valence-electron chi connectivity index (χ2n) is 7.27. The van der Waals surface area contributed by atoms with E-state index in [-0.39, 0.29) is 49.8 Å². The number of ether oxygens (including phenoxy) is 1. The van der Waals surface area contributed by atoms with Crippen LogP contribution < -0.4 is 5.76 Å². The van der Waals surface area contributed by atoms with Crippen molar-refractivity contribution in [1.29, 1.82) is 0 Å². The summed E-state index contributed by atoms with van der Waals surface area (Å²) in [6, 6.07) is 11.5. The lowest BCUT2D eigenvalue weighted by molar-refractivity contribution is 0.0934. The van der Waals surface area contributed by atoms with Crippen LogP contribution in [0.1, 0.15) is 12.5 Å². The van der Waals surface area contributed by atoms with Gasteiger partial charge < -0.3 is 14.1 Å². The van der Waals surface area contributed by atoms with Gasteiger partial charge in [0.05, 0.1) is 23.6 Å². The van der Waals surface area contributed by atoms with Crippen molar-refractivity contribution in [2.45, 2.75) is 18.4 Å². The zero-order chi connectivity index (χ0) is 22.9.